The minimum absolute atomic E-state index is 0.0671. The molecule has 3 aromatic rings. The van der Waals surface area contributed by atoms with Crippen LogP contribution in [0.15, 0.2) is 59.5 Å². The molecule has 184 valence electrons. The zero-order chi connectivity index (χ0) is 24.9. The monoisotopic (exact) mass is 496 g/mol. The van der Waals surface area contributed by atoms with Crippen molar-refractivity contribution in [1.29, 1.82) is 0 Å². The molecule has 9 heteroatoms. The van der Waals surface area contributed by atoms with Gasteiger partial charge in [0.1, 0.15) is 5.75 Å². The summed E-state index contributed by atoms with van der Waals surface area (Å²) in [6.45, 7) is 6.08. The van der Waals surface area contributed by atoms with Crippen LogP contribution in [0.25, 0.3) is 0 Å². The summed E-state index contributed by atoms with van der Waals surface area (Å²) in [6.07, 6.45) is 1.34. The molecule has 1 amide bonds. The lowest BCUT2D eigenvalue weighted by atomic mass is 9.96. The second-order valence-electron chi connectivity index (χ2n) is 8.48. The number of hydrogen-bond donors (Lipinski definition) is 1. The number of benzene rings is 1. The molecule has 3 heterocycles. The molecule has 0 spiro atoms. The molecule has 1 fully saturated rings. The maximum absolute atomic E-state index is 13.8. The summed E-state index contributed by atoms with van der Waals surface area (Å²) in [5.74, 6) is -0.0671. The van der Waals surface area contributed by atoms with Gasteiger partial charge in [-0.2, -0.15) is 0 Å². The highest BCUT2D eigenvalue weighted by atomic mass is 35.5. The van der Waals surface area contributed by atoms with Crippen LogP contribution in [0, 0.1) is 6.92 Å². The second-order valence-corrected chi connectivity index (χ2v) is 8.91. The van der Waals surface area contributed by atoms with Crippen LogP contribution in [0.1, 0.15) is 35.5 Å². The Bertz CT molecular complexity index is 1240. The van der Waals surface area contributed by atoms with Crippen molar-refractivity contribution in [3.63, 3.8) is 0 Å². The zero-order valence-electron chi connectivity index (χ0n) is 19.9. The van der Waals surface area contributed by atoms with Gasteiger partial charge in [-0.05, 0) is 49.7 Å². The van der Waals surface area contributed by atoms with Gasteiger partial charge >= 0.3 is 6.09 Å². The average molecular weight is 497 g/mol. The summed E-state index contributed by atoms with van der Waals surface area (Å²) in [5, 5.41) is 11.6. The third-order valence-corrected chi connectivity index (χ3v) is 6.45. The molecule has 4 rings (SSSR count). The van der Waals surface area contributed by atoms with Crippen LogP contribution >= 0.6 is 11.6 Å². The third kappa shape index (κ3) is 5.49. The van der Waals surface area contributed by atoms with Crippen LogP contribution in [0.2, 0.25) is 5.02 Å². The summed E-state index contributed by atoms with van der Waals surface area (Å²) in [4.78, 5) is 34.1. The quantitative estimate of drug-likeness (QED) is 0.558. The van der Waals surface area contributed by atoms with Crippen LogP contribution in [0.4, 0.5) is 4.79 Å². The molecule has 1 saturated heterocycles. The molecule has 1 atom stereocenters. The first-order valence-electron chi connectivity index (χ1n) is 11.6. The number of ether oxygens (including phenoxy) is 1. The smallest absolute Gasteiger partial charge is 0.409 e. The van der Waals surface area contributed by atoms with Crippen molar-refractivity contribution in [3.8, 4) is 5.75 Å². The van der Waals surface area contributed by atoms with Crippen LogP contribution in [0.3, 0.4) is 0 Å². The molecule has 1 aliphatic rings. The van der Waals surface area contributed by atoms with E-state index in [1.54, 1.807) is 41.6 Å². The largest absolute Gasteiger partial charge is 0.507 e. The van der Waals surface area contributed by atoms with Gasteiger partial charge in [0.15, 0.2) is 0 Å². The molecule has 0 unspecified atom stereocenters. The predicted octanol–water partition coefficient (Wildman–Crippen LogP) is 3.82. The van der Waals surface area contributed by atoms with Crippen molar-refractivity contribution in [2.45, 2.75) is 26.4 Å². The van der Waals surface area contributed by atoms with E-state index in [4.69, 9.17) is 16.3 Å². The van der Waals surface area contributed by atoms with Crippen molar-refractivity contribution < 1.29 is 14.6 Å². The Hall–Kier alpha value is -3.36. The Morgan fingerprint density at radius 3 is 2.57 bits per heavy atom. The van der Waals surface area contributed by atoms with E-state index in [0.717, 1.165) is 11.3 Å². The van der Waals surface area contributed by atoms with Gasteiger partial charge in [0.25, 0.3) is 5.56 Å². The normalized spacial score (nSPS) is 15.1. The summed E-state index contributed by atoms with van der Waals surface area (Å²) in [5.41, 5.74) is 2.17. The fraction of sp³-hybridized carbons (Fsp3) is 0.346. The van der Waals surface area contributed by atoms with E-state index in [9.17, 15) is 14.7 Å². The number of pyridine rings is 2. The van der Waals surface area contributed by atoms with E-state index in [2.05, 4.69) is 9.88 Å². The topological polar surface area (TPSA) is 87.9 Å². The molecule has 1 N–H and O–H groups in total. The zero-order valence-corrected chi connectivity index (χ0v) is 20.6. The Labute approximate surface area is 209 Å². The number of piperazine rings is 1. The Morgan fingerprint density at radius 1 is 1.14 bits per heavy atom. The number of hydrogen-bond acceptors (Lipinski definition) is 6. The highest BCUT2D eigenvalue weighted by Crippen LogP contribution is 2.34. The lowest BCUT2D eigenvalue weighted by Crippen LogP contribution is -2.50. The van der Waals surface area contributed by atoms with Crippen molar-refractivity contribution in [1.82, 2.24) is 19.4 Å². The third-order valence-electron chi connectivity index (χ3n) is 6.21. The number of carbonyl (C=O) groups excluding carboxylic acids is 1. The minimum atomic E-state index is -0.541. The minimum Gasteiger partial charge on any atom is -0.507 e. The SMILES string of the molecule is CCOC(=O)N1CCN([C@@H](c2cccc(Cl)c2)c2c(O)cc(C)n(Cc3ccccn3)c2=O)CC1. The van der Waals surface area contributed by atoms with Crippen molar-refractivity contribution in [3.05, 3.63) is 92.6 Å². The summed E-state index contributed by atoms with van der Waals surface area (Å²) >= 11 is 6.32. The number of aryl methyl sites for hydroxylation is 1. The van der Waals surface area contributed by atoms with Crippen LogP contribution in [-0.2, 0) is 11.3 Å². The number of amides is 1. The number of rotatable bonds is 6. The number of halogens is 1. The maximum atomic E-state index is 13.8. The van der Waals surface area contributed by atoms with Gasteiger partial charge in [0.05, 0.1) is 30.5 Å². The average Bonchev–Trinajstić information content (AvgIpc) is 2.85. The number of carbonyl (C=O) groups is 1. The fourth-order valence-corrected chi connectivity index (χ4v) is 4.69. The summed E-state index contributed by atoms with van der Waals surface area (Å²) < 4.78 is 6.77. The van der Waals surface area contributed by atoms with Gasteiger partial charge in [-0.25, -0.2) is 4.79 Å². The standard InChI is InChI=1S/C26H29ClN4O4/c1-3-35-26(34)30-13-11-29(12-14-30)24(19-7-6-8-20(27)16-19)23-22(32)15-18(2)31(25(23)33)17-21-9-4-5-10-28-21/h4-10,15-16,24,32H,3,11-14,17H2,1-2H3/t24-/m0/s1. The first-order valence-corrected chi connectivity index (χ1v) is 12.0. The van der Waals surface area contributed by atoms with E-state index in [1.165, 1.54) is 0 Å². The van der Waals surface area contributed by atoms with Crippen molar-refractivity contribution >= 4 is 17.7 Å². The molecule has 0 aliphatic carbocycles. The van der Waals surface area contributed by atoms with E-state index in [-0.39, 0.29) is 29.5 Å². The molecule has 1 aromatic carbocycles. The molecule has 2 aromatic heterocycles. The number of aromatic hydroxyl groups is 1. The first-order chi connectivity index (χ1) is 16.9. The van der Waals surface area contributed by atoms with Gasteiger partial charge in [-0.3, -0.25) is 14.7 Å². The molecule has 8 nitrogen and oxygen atoms in total. The molecule has 35 heavy (non-hydrogen) atoms. The first kappa shape index (κ1) is 24.8. The van der Waals surface area contributed by atoms with Gasteiger partial charge < -0.3 is 19.3 Å². The lowest BCUT2D eigenvalue weighted by Gasteiger charge is -2.39. The van der Waals surface area contributed by atoms with Crippen LogP contribution in [0.5, 0.6) is 5.75 Å². The Morgan fingerprint density at radius 2 is 1.91 bits per heavy atom. The molecular formula is C26H29ClN4O4. The van der Waals surface area contributed by atoms with E-state index in [0.29, 0.717) is 43.5 Å². The molecule has 1 aliphatic heterocycles. The summed E-state index contributed by atoms with van der Waals surface area (Å²) in [7, 11) is 0. The summed E-state index contributed by atoms with van der Waals surface area (Å²) in [6, 6.07) is 14.0. The molecular weight excluding hydrogens is 468 g/mol. The Balaban J connectivity index is 1.75. The number of aromatic nitrogens is 2. The second kappa shape index (κ2) is 10.9. The van der Waals surface area contributed by atoms with Gasteiger partial charge in [-0.1, -0.05) is 29.8 Å². The fourth-order valence-electron chi connectivity index (χ4n) is 4.49. The van der Waals surface area contributed by atoms with E-state index < -0.39 is 6.04 Å². The van der Waals surface area contributed by atoms with E-state index in [1.807, 2.05) is 36.4 Å². The molecule has 0 saturated carbocycles. The van der Waals surface area contributed by atoms with Crippen molar-refractivity contribution in [2.75, 3.05) is 32.8 Å². The van der Waals surface area contributed by atoms with Crippen molar-refractivity contribution in [2.24, 2.45) is 0 Å². The van der Waals surface area contributed by atoms with E-state index >= 15 is 0 Å². The van der Waals surface area contributed by atoms with Gasteiger partial charge in [0.2, 0.25) is 0 Å². The highest BCUT2D eigenvalue weighted by molar-refractivity contribution is 6.30. The van der Waals surface area contributed by atoms with Gasteiger partial charge in [-0.15, -0.1) is 0 Å². The van der Waals surface area contributed by atoms with Crippen LogP contribution < -0.4 is 5.56 Å². The number of nitrogens with zero attached hydrogens (tertiary/aromatic N) is 4. The predicted molar refractivity (Wildman–Crippen MR) is 134 cm³/mol. The lowest BCUT2D eigenvalue weighted by molar-refractivity contribution is 0.0709. The highest BCUT2D eigenvalue weighted by Gasteiger charge is 2.33. The van der Waals surface area contributed by atoms with Crippen LogP contribution in [-0.4, -0.2) is 63.3 Å². The molecule has 0 bridgehead atoms. The Kier molecular flexibility index (Phi) is 7.73. The maximum Gasteiger partial charge on any atom is 0.409 e. The molecule has 0 radical (unpaired) electrons. The van der Waals surface area contributed by atoms with Gasteiger partial charge in [0, 0.05) is 43.1 Å².